The van der Waals surface area contributed by atoms with E-state index in [1.54, 1.807) is 6.07 Å². The smallest absolute Gasteiger partial charge is 0.407 e. The van der Waals surface area contributed by atoms with Gasteiger partial charge in [-0.15, -0.1) is 11.3 Å². The lowest BCUT2D eigenvalue weighted by Gasteiger charge is -2.29. The van der Waals surface area contributed by atoms with Gasteiger partial charge in [0.15, 0.2) is 0 Å². The van der Waals surface area contributed by atoms with Crippen LogP contribution < -0.4 is 5.32 Å². The fourth-order valence-corrected chi connectivity index (χ4v) is 5.41. The van der Waals surface area contributed by atoms with Gasteiger partial charge < -0.3 is 10.1 Å². The van der Waals surface area contributed by atoms with Gasteiger partial charge in [-0.05, 0) is 40.2 Å². The van der Waals surface area contributed by atoms with Crippen molar-refractivity contribution in [3.63, 3.8) is 0 Å². The number of carbonyl (C=O) groups excluding carboxylic acids is 1. The minimum absolute atomic E-state index is 0.252. The molecular formula is C17H19BrFNO2S2. The van der Waals surface area contributed by atoms with Crippen LogP contribution in [0.5, 0.6) is 0 Å². The molecule has 0 radical (unpaired) electrons. The number of rotatable bonds is 4. The zero-order chi connectivity index (χ0) is 17.9. The number of amides is 1. The van der Waals surface area contributed by atoms with Gasteiger partial charge in [0.25, 0.3) is 0 Å². The topological polar surface area (TPSA) is 38.3 Å². The van der Waals surface area contributed by atoms with Crippen molar-refractivity contribution >= 4 is 45.1 Å². The summed E-state index contributed by atoms with van der Waals surface area (Å²) in [6, 6.07) is 8.43. The third-order valence-corrected chi connectivity index (χ3v) is 6.67. The van der Waals surface area contributed by atoms with E-state index in [0.717, 1.165) is 18.5 Å². The number of hydrogen-bond donors (Lipinski definition) is 1. The van der Waals surface area contributed by atoms with Crippen LogP contribution in [0.25, 0.3) is 0 Å². The van der Waals surface area contributed by atoms with Crippen LogP contribution >= 0.6 is 39.0 Å². The highest BCUT2D eigenvalue weighted by molar-refractivity contribution is 9.10. The quantitative estimate of drug-likeness (QED) is 0.621. The fourth-order valence-electron chi connectivity index (χ4n) is 2.03. The molecule has 0 bridgehead atoms. The number of carbonyl (C=O) groups is 1. The molecule has 1 aromatic carbocycles. The fraction of sp³-hybridized carbons (Fsp3) is 0.353. The van der Waals surface area contributed by atoms with Gasteiger partial charge >= 0.3 is 6.09 Å². The monoisotopic (exact) mass is 431 g/mol. The van der Waals surface area contributed by atoms with Gasteiger partial charge in [-0.25, -0.2) is 9.18 Å². The molecule has 1 aromatic heterocycles. The number of halogens is 2. The van der Waals surface area contributed by atoms with E-state index in [1.807, 2.05) is 32.9 Å². The lowest BCUT2D eigenvalue weighted by molar-refractivity contribution is 0.0337. The van der Waals surface area contributed by atoms with Crippen molar-refractivity contribution < 1.29 is 13.9 Å². The molecule has 1 heterocycles. The molecule has 2 rings (SSSR count). The molecule has 1 atom stereocenters. The number of benzene rings is 1. The Labute approximate surface area is 158 Å². The first kappa shape index (κ1) is 19.3. The lowest BCUT2D eigenvalue weighted by Crippen LogP contribution is -2.28. The lowest BCUT2D eigenvalue weighted by atomic mass is 9.88. The second-order valence-electron chi connectivity index (χ2n) is 6.24. The molecule has 1 N–H and O–H groups in total. The third-order valence-electron chi connectivity index (χ3n) is 3.16. The first-order valence-electron chi connectivity index (χ1n) is 7.31. The zero-order valence-electron chi connectivity index (χ0n) is 13.9. The summed E-state index contributed by atoms with van der Waals surface area (Å²) in [5, 5.41) is 2.49. The molecule has 7 heteroatoms. The maximum Gasteiger partial charge on any atom is 0.407 e. The number of hydrogen-bond acceptors (Lipinski definition) is 4. The Morgan fingerprint density at radius 2 is 2.08 bits per heavy atom. The minimum Gasteiger partial charge on any atom is -0.440 e. The summed E-state index contributed by atoms with van der Waals surface area (Å²) in [6.45, 7) is 6.06. The van der Waals surface area contributed by atoms with Gasteiger partial charge in [0.2, 0.25) is 0 Å². The number of thiophene rings is 1. The highest BCUT2D eigenvalue weighted by Crippen LogP contribution is 2.46. The molecule has 1 amide bonds. The molecule has 3 nitrogen and oxygen atoms in total. The largest absolute Gasteiger partial charge is 0.440 e. The van der Waals surface area contributed by atoms with Crippen LogP contribution in [-0.2, 0) is 4.74 Å². The van der Waals surface area contributed by atoms with Crippen LogP contribution in [0.1, 0.15) is 31.8 Å². The number of nitrogens with one attached hydrogen (secondary N) is 1. The molecule has 0 aliphatic carbocycles. The maximum atomic E-state index is 13.4. The van der Waals surface area contributed by atoms with Crippen molar-refractivity contribution in [2.45, 2.75) is 36.0 Å². The highest BCUT2D eigenvalue weighted by atomic mass is 79.9. The Hall–Kier alpha value is -1.05. The van der Waals surface area contributed by atoms with Crippen LogP contribution in [0, 0.1) is 11.2 Å². The predicted molar refractivity (Wildman–Crippen MR) is 100 cm³/mol. The van der Waals surface area contributed by atoms with Crippen molar-refractivity contribution in [3.05, 3.63) is 45.5 Å². The van der Waals surface area contributed by atoms with E-state index in [-0.39, 0.29) is 17.3 Å². The van der Waals surface area contributed by atoms with E-state index in [9.17, 15) is 9.18 Å². The number of ether oxygens (including phenoxy) is 1. The average Bonchev–Trinajstić information content (AvgIpc) is 2.84. The second kappa shape index (κ2) is 7.89. The predicted octanol–water partition coefficient (Wildman–Crippen LogP) is 6.24. The average molecular weight is 432 g/mol. The Bertz CT molecular complexity index is 728. The van der Waals surface area contributed by atoms with Crippen molar-refractivity contribution in [2.24, 2.45) is 5.41 Å². The van der Waals surface area contributed by atoms with Crippen LogP contribution in [0.2, 0.25) is 0 Å². The number of alkyl carbamates (subject to hydrolysis) is 1. The molecule has 0 aliphatic rings. The SMILES string of the molecule is CNC(=O)OC(c1cc(Br)c(Sc2cccc(F)c2)s1)C(C)(C)C. The summed E-state index contributed by atoms with van der Waals surface area (Å²) in [4.78, 5) is 13.4. The van der Waals surface area contributed by atoms with E-state index >= 15 is 0 Å². The summed E-state index contributed by atoms with van der Waals surface area (Å²) < 4.78 is 20.8. The van der Waals surface area contributed by atoms with Crippen LogP contribution in [-0.4, -0.2) is 13.1 Å². The Kier molecular flexibility index (Phi) is 6.33. The summed E-state index contributed by atoms with van der Waals surface area (Å²) >= 11 is 6.56. The first-order chi connectivity index (χ1) is 11.2. The summed E-state index contributed by atoms with van der Waals surface area (Å²) in [5.74, 6) is -0.261. The molecule has 0 fully saturated rings. The Morgan fingerprint density at radius 1 is 1.38 bits per heavy atom. The Morgan fingerprint density at radius 3 is 2.67 bits per heavy atom. The van der Waals surface area contributed by atoms with E-state index in [0.29, 0.717) is 0 Å². The molecule has 0 saturated heterocycles. The van der Waals surface area contributed by atoms with Crippen molar-refractivity contribution in [3.8, 4) is 0 Å². The zero-order valence-corrected chi connectivity index (χ0v) is 17.1. The van der Waals surface area contributed by atoms with Gasteiger partial charge in [0.05, 0.1) is 4.21 Å². The highest BCUT2D eigenvalue weighted by Gasteiger charge is 2.32. The van der Waals surface area contributed by atoms with Gasteiger partial charge in [-0.1, -0.05) is 38.6 Å². The van der Waals surface area contributed by atoms with E-state index in [4.69, 9.17) is 4.74 Å². The van der Waals surface area contributed by atoms with Gasteiger partial charge in [-0.2, -0.15) is 0 Å². The van der Waals surface area contributed by atoms with E-state index in [1.165, 1.54) is 42.3 Å². The van der Waals surface area contributed by atoms with Crippen molar-refractivity contribution in [2.75, 3.05) is 7.05 Å². The van der Waals surface area contributed by atoms with E-state index < -0.39 is 6.09 Å². The van der Waals surface area contributed by atoms with Gasteiger partial charge in [-0.3, -0.25) is 0 Å². The molecule has 0 spiro atoms. The standard InChI is InChI=1S/C17H19BrFNO2S2/c1-17(2,3)14(22-16(21)20-4)13-9-12(18)15(24-13)23-11-7-5-6-10(19)8-11/h5-9,14H,1-4H3,(H,20,21). The van der Waals surface area contributed by atoms with Crippen molar-refractivity contribution in [1.29, 1.82) is 0 Å². The molecule has 0 aliphatic heterocycles. The minimum atomic E-state index is -0.459. The first-order valence-corrected chi connectivity index (χ1v) is 9.74. The summed E-state index contributed by atoms with van der Waals surface area (Å²) in [7, 11) is 1.54. The van der Waals surface area contributed by atoms with Crippen LogP contribution in [0.15, 0.2) is 43.9 Å². The second-order valence-corrected chi connectivity index (χ2v) is 9.53. The molecule has 0 saturated carbocycles. The molecule has 2 aromatic rings. The molecule has 130 valence electrons. The summed E-state index contributed by atoms with van der Waals surface area (Å²) in [5.41, 5.74) is -0.252. The molecule has 24 heavy (non-hydrogen) atoms. The van der Waals surface area contributed by atoms with Crippen LogP contribution in [0.3, 0.4) is 0 Å². The summed E-state index contributed by atoms with van der Waals surface area (Å²) in [6.07, 6.45) is -0.834. The van der Waals surface area contributed by atoms with E-state index in [2.05, 4.69) is 21.2 Å². The van der Waals surface area contributed by atoms with Gasteiger partial charge in [0, 0.05) is 26.7 Å². The molecule has 1 unspecified atom stereocenters. The molecular weight excluding hydrogens is 413 g/mol. The maximum absolute atomic E-state index is 13.4. The third kappa shape index (κ3) is 4.97. The van der Waals surface area contributed by atoms with Crippen LogP contribution in [0.4, 0.5) is 9.18 Å². The normalized spacial score (nSPS) is 12.8. The van der Waals surface area contributed by atoms with Gasteiger partial charge in [0.1, 0.15) is 11.9 Å². The van der Waals surface area contributed by atoms with Crippen molar-refractivity contribution in [1.82, 2.24) is 5.32 Å². The Balaban J connectivity index is 2.29.